The molecule has 0 heterocycles. The minimum absolute atomic E-state index is 0.191. The SMILES string of the molecule is COc1cccc(NC(=S)NC(=O)c2ccccc2COc2ccc(Cl)cc2)c1. The molecule has 2 N–H and O–H groups in total. The quantitative estimate of drug-likeness (QED) is 0.540. The van der Waals surface area contributed by atoms with Crippen molar-refractivity contribution in [3.63, 3.8) is 0 Å². The van der Waals surface area contributed by atoms with Crippen LogP contribution in [0.15, 0.2) is 72.8 Å². The van der Waals surface area contributed by atoms with Crippen molar-refractivity contribution in [1.82, 2.24) is 5.32 Å². The second kappa shape index (κ2) is 9.91. The number of thiocarbonyl (C=S) groups is 1. The number of amides is 1. The van der Waals surface area contributed by atoms with E-state index in [0.717, 1.165) is 5.56 Å². The molecule has 0 spiro atoms. The first-order valence-corrected chi connectivity index (χ1v) is 9.56. The molecule has 0 unspecified atom stereocenters. The van der Waals surface area contributed by atoms with Gasteiger partial charge in [0.05, 0.1) is 7.11 Å². The van der Waals surface area contributed by atoms with Crippen molar-refractivity contribution in [3.05, 3.63) is 88.9 Å². The lowest BCUT2D eigenvalue weighted by molar-refractivity contribution is 0.0975. The number of methoxy groups -OCH3 is 1. The Morgan fingerprint density at radius 3 is 2.52 bits per heavy atom. The number of hydrogen-bond donors (Lipinski definition) is 2. The summed E-state index contributed by atoms with van der Waals surface area (Å²) in [5.41, 5.74) is 1.94. The number of nitrogens with one attached hydrogen (secondary N) is 2. The third-order valence-corrected chi connectivity index (χ3v) is 4.48. The number of carbonyl (C=O) groups excluding carboxylic acids is 1. The summed E-state index contributed by atoms with van der Waals surface area (Å²) in [5.74, 6) is 1.04. The number of anilines is 1. The van der Waals surface area contributed by atoms with Gasteiger partial charge >= 0.3 is 0 Å². The van der Waals surface area contributed by atoms with Gasteiger partial charge in [-0.05, 0) is 54.7 Å². The van der Waals surface area contributed by atoms with Gasteiger partial charge in [-0.15, -0.1) is 0 Å². The fraction of sp³-hybridized carbons (Fsp3) is 0.0909. The first kappa shape index (κ1) is 20.6. The molecule has 0 atom stereocenters. The highest BCUT2D eigenvalue weighted by Gasteiger charge is 2.13. The molecule has 5 nitrogen and oxygen atoms in total. The predicted octanol–water partition coefficient (Wildman–Crippen LogP) is 5.05. The molecule has 3 aromatic carbocycles. The van der Waals surface area contributed by atoms with Crippen LogP contribution in [0.2, 0.25) is 5.02 Å². The summed E-state index contributed by atoms with van der Waals surface area (Å²) in [6.45, 7) is 0.237. The topological polar surface area (TPSA) is 59.6 Å². The van der Waals surface area contributed by atoms with Gasteiger partial charge in [-0.2, -0.15) is 0 Å². The zero-order valence-corrected chi connectivity index (χ0v) is 17.2. The van der Waals surface area contributed by atoms with Gasteiger partial charge in [0, 0.05) is 27.9 Å². The summed E-state index contributed by atoms with van der Waals surface area (Å²) in [5, 5.41) is 6.50. The van der Waals surface area contributed by atoms with Crippen molar-refractivity contribution in [3.8, 4) is 11.5 Å². The Bertz CT molecular complexity index is 1010. The maximum absolute atomic E-state index is 12.7. The van der Waals surface area contributed by atoms with E-state index in [1.807, 2.05) is 30.3 Å². The van der Waals surface area contributed by atoms with Gasteiger partial charge in [0.25, 0.3) is 5.91 Å². The molecular weight excluding hydrogens is 408 g/mol. The largest absolute Gasteiger partial charge is 0.497 e. The fourth-order valence-corrected chi connectivity index (χ4v) is 2.93. The van der Waals surface area contributed by atoms with Gasteiger partial charge in [0.15, 0.2) is 5.11 Å². The highest BCUT2D eigenvalue weighted by atomic mass is 35.5. The van der Waals surface area contributed by atoms with E-state index in [1.165, 1.54) is 0 Å². The van der Waals surface area contributed by atoms with Crippen molar-refractivity contribution in [2.24, 2.45) is 0 Å². The van der Waals surface area contributed by atoms with E-state index in [9.17, 15) is 4.79 Å². The summed E-state index contributed by atoms with van der Waals surface area (Å²) in [6, 6.07) is 21.5. The molecule has 0 aromatic heterocycles. The molecule has 148 valence electrons. The van der Waals surface area contributed by atoms with Gasteiger partial charge < -0.3 is 14.8 Å². The molecule has 3 aromatic rings. The van der Waals surface area contributed by atoms with E-state index < -0.39 is 0 Å². The van der Waals surface area contributed by atoms with Crippen LogP contribution < -0.4 is 20.1 Å². The molecule has 0 aliphatic carbocycles. The summed E-state index contributed by atoms with van der Waals surface area (Å²) in [4.78, 5) is 12.7. The van der Waals surface area contributed by atoms with Crippen LogP contribution >= 0.6 is 23.8 Å². The van der Waals surface area contributed by atoms with Crippen molar-refractivity contribution in [2.75, 3.05) is 12.4 Å². The smallest absolute Gasteiger partial charge is 0.257 e. The lowest BCUT2D eigenvalue weighted by atomic mass is 10.1. The van der Waals surface area contributed by atoms with Crippen molar-refractivity contribution >= 4 is 40.5 Å². The Hall–Kier alpha value is -3.09. The van der Waals surface area contributed by atoms with E-state index in [-0.39, 0.29) is 17.6 Å². The third kappa shape index (κ3) is 5.94. The van der Waals surface area contributed by atoms with Gasteiger partial charge in [-0.3, -0.25) is 10.1 Å². The Morgan fingerprint density at radius 2 is 1.76 bits per heavy atom. The van der Waals surface area contributed by atoms with Crippen molar-refractivity contribution in [2.45, 2.75) is 6.61 Å². The molecule has 0 bridgehead atoms. The maximum Gasteiger partial charge on any atom is 0.257 e. The van der Waals surface area contributed by atoms with E-state index in [1.54, 1.807) is 49.6 Å². The van der Waals surface area contributed by atoms with E-state index in [0.29, 0.717) is 27.8 Å². The van der Waals surface area contributed by atoms with Crippen LogP contribution in [0.5, 0.6) is 11.5 Å². The average molecular weight is 427 g/mol. The fourth-order valence-electron chi connectivity index (χ4n) is 2.59. The Labute approximate surface area is 179 Å². The summed E-state index contributed by atoms with van der Waals surface area (Å²) < 4.78 is 10.9. The van der Waals surface area contributed by atoms with Gasteiger partial charge in [0.2, 0.25) is 0 Å². The summed E-state index contributed by atoms with van der Waals surface area (Å²) >= 11 is 11.1. The molecule has 3 rings (SSSR count). The third-order valence-electron chi connectivity index (χ3n) is 4.02. The Kier molecular flexibility index (Phi) is 7.05. The monoisotopic (exact) mass is 426 g/mol. The number of carbonyl (C=O) groups is 1. The average Bonchev–Trinajstić information content (AvgIpc) is 2.73. The number of rotatable bonds is 6. The van der Waals surface area contributed by atoms with Gasteiger partial charge in [-0.25, -0.2) is 0 Å². The predicted molar refractivity (Wildman–Crippen MR) is 119 cm³/mol. The lowest BCUT2D eigenvalue weighted by Gasteiger charge is -2.13. The number of benzene rings is 3. The second-order valence-corrected chi connectivity index (χ2v) is 6.88. The minimum Gasteiger partial charge on any atom is -0.497 e. The first-order valence-electron chi connectivity index (χ1n) is 8.78. The second-order valence-electron chi connectivity index (χ2n) is 6.04. The van der Waals surface area contributed by atoms with Crippen molar-refractivity contribution in [1.29, 1.82) is 0 Å². The van der Waals surface area contributed by atoms with Crippen LogP contribution in [-0.4, -0.2) is 18.1 Å². The van der Waals surface area contributed by atoms with E-state index >= 15 is 0 Å². The van der Waals surface area contributed by atoms with Crippen LogP contribution in [0.1, 0.15) is 15.9 Å². The molecule has 1 amide bonds. The standard InChI is InChI=1S/C22H19ClN2O3S/c1-27-19-7-4-6-17(13-19)24-22(29)25-21(26)20-8-3-2-5-15(20)14-28-18-11-9-16(23)10-12-18/h2-13H,14H2,1H3,(H2,24,25,26,29). The molecule has 0 radical (unpaired) electrons. The first-order chi connectivity index (χ1) is 14.0. The highest BCUT2D eigenvalue weighted by molar-refractivity contribution is 7.80. The molecule has 0 fully saturated rings. The molecule has 7 heteroatoms. The van der Waals surface area contributed by atoms with Gasteiger partial charge in [-0.1, -0.05) is 35.9 Å². The van der Waals surface area contributed by atoms with Gasteiger partial charge in [0.1, 0.15) is 18.1 Å². The molecular formula is C22H19ClN2O3S. The zero-order chi connectivity index (χ0) is 20.6. The normalized spacial score (nSPS) is 10.1. The summed E-state index contributed by atoms with van der Waals surface area (Å²) in [7, 11) is 1.59. The number of halogens is 1. The number of ether oxygens (including phenoxy) is 2. The lowest BCUT2D eigenvalue weighted by Crippen LogP contribution is -2.34. The van der Waals surface area contributed by atoms with Crippen LogP contribution in [0.25, 0.3) is 0 Å². The molecule has 0 saturated heterocycles. The van der Waals surface area contributed by atoms with Crippen LogP contribution in [0.4, 0.5) is 5.69 Å². The molecule has 0 aliphatic heterocycles. The maximum atomic E-state index is 12.7. The summed E-state index contributed by atoms with van der Waals surface area (Å²) in [6.07, 6.45) is 0. The molecule has 29 heavy (non-hydrogen) atoms. The Balaban J connectivity index is 1.64. The van der Waals surface area contributed by atoms with Crippen LogP contribution in [0.3, 0.4) is 0 Å². The highest BCUT2D eigenvalue weighted by Crippen LogP contribution is 2.19. The zero-order valence-electron chi connectivity index (χ0n) is 15.6. The number of hydrogen-bond acceptors (Lipinski definition) is 4. The van der Waals surface area contributed by atoms with Crippen LogP contribution in [0, 0.1) is 0 Å². The van der Waals surface area contributed by atoms with Crippen molar-refractivity contribution < 1.29 is 14.3 Å². The molecule has 0 aliphatic rings. The van der Waals surface area contributed by atoms with Crippen LogP contribution in [-0.2, 0) is 6.61 Å². The minimum atomic E-state index is -0.319. The van der Waals surface area contributed by atoms with E-state index in [2.05, 4.69) is 10.6 Å². The molecule has 0 saturated carbocycles. The Morgan fingerprint density at radius 1 is 1.00 bits per heavy atom. The van der Waals surface area contributed by atoms with E-state index in [4.69, 9.17) is 33.3 Å².